The zero-order chi connectivity index (χ0) is 7.44. The SMILES string of the molecule is CC(=O)CC(=O)C(=O)O.[Zr]. The topological polar surface area (TPSA) is 71.4 Å². The molecule has 0 saturated heterocycles. The number of carboxylic acids is 1. The van der Waals surface area contributed by atoms with Gasteiger partial charge in [0, 0.05) is 26.2 Å². The summed E-state index contributed by atoms with van der Waals surface area (Å²) in [5, 5.41) is 7.93. The fourth-order valence-corrected chi connectivity index (χ4v) is 0.302. The molecule has 0 aliphatic carbocycles. The zero-order valence-corrected chi connectivity index (χ0v) is 7.84. The van der Waals surface area contributed by atoms with E-state index in [9.17, 15) is 14.4 Å². The van der Waals surface area contributed by atoms with Gasteiger partial charge in [0.25, 0.3) is 0 Å². The van der Waals surface area contributed by atoms with Gasteiger partial charge >= 0.3 is 5.97 Å². The summed E-state index contributed by atoms with van der Waals surface area (Å²) >= 11 is 0. The summed E-state index contributed by atoms with van der Waals surface area (Å²) in [5.74, 6) is -3.03. The summed E-state index contributed by atoms with van der Waals surface area (Å²) in [6.45, 7) is 1.17. The van der Waals surface area contributed by atoms with Crippen LogP contribution in [0.1, 0.15) is 13.3 Å². The molecule has 0 aromatic rings. The van der Waals surface area contributed by atoms with Crippen LogP contribution in [0.25, 0.3) is 0 Å². The number of hydrogen-bond donors (Lipinski definition) is 1. The van der Waals surface area contributed by atoms with Gasteiger partial charge in [0.1, 0.15) is 5.78 Å². The fourth-order valence-electron chi connectivity index (χ4n) is 0.302. The van der Waals surface area contributed by atoms with E-state index >= 15 is 0 Å². The molecule has 5 heteroatoms. The van der Waals surface area contributed by atoms with Gasteiger partial charge in [-0.25, -0.2) is 4.79 Å². The Balaban J connectivity index is 0. The summed E-state index contributed by atoms with van der Waals surface area (Å²) < 4.78 is 0. The van der Waals surface area contributed by atoms with E-state index in [2.05, 4.69) is 0 Å². The van der Waals surface area contributed by atoms with Crippen molar-refractivity contribution in [1.82, 2.24) is 0 Å². The number of carboxylic acid groups (broad SMARTS) is 1. The first-order chi connectivity index (χ1) is 4.04. The molecule has 0 fully saturated rings. The summed E-state index contributed by atoms with van der Waals surface area (Å²) in [6, 6.07) is 0. The van der Waals surface area contributed by atoms with Crippen molar-refractivity contribution >= 4 is 17.5 Å². The van der Waals surface area contributed by atoms with Crippen LogP contribution in [0.3, 0.4) is 0 Å². The third-order valence-electron chi connectivity index (χ3n) is 0.648. The van der Waals surface area contributed by atoms with Gasteiger partial charge in [-0.05, 0) is 6.92 Å². The minimum absolute atomic E-state index is 0. The zero-order valence-electron chi connectivity index (χ0n) is 5.38. The van der Waals surface area contributed by atoms with Crippen molar-refractivity contribution in [3.8, 4) is 0 Å². The Morgan fingerprint density at radius 3 is 1.80 bits per heavy atom. The average Bonchev–Trinajstić information content (AvgIpc) is 1.63. The predicted molar refractivity (Wildman–Crippen MR) is 27.9 cm³/mol. The molecule has 10 heavy (non-hydrogen) atoms. The third kappa shape index (κ3) is 5.82. The second-order valence-corrected chi connectivity index (χ2v) is 1.61. The van der Waals surface area contributed by atoms with Crippen LogP contribution in [-0.4, -0.2) is 22.6 Å². The summed E-state index contributed by atoms with van der Waals surface area (Å²) in [5.41, 5.74) is 0. The first-order valence-electron chi connectivity index (χ1n) is 2.29. The Morgan fingerprint density at radius 2 is 1.70 bits per heavy atom. The van der Waals surface area contributed by atoms with Gasteiger partial charge in [-0.15, -0.1) is 0 Å². The summed E-state index contributed by atoms with van der Waals surface area (Å²) in [6.07, 6.45) is -0.505. The molecule has 0 radical (unpaired) electrons. The van der Waals surface area contributed by atoms with Crippen LogP contribution < -0.4 is 0 Å². The van der Waals surface area contributed by atoms with Crippen LogP contribution in [0.5, 0.6) is 0 Å². The van der Waals surface area contributed by atoms with Crippen molar-refractivity contribution in [2.75, 3.05) is 0 Å². The number of carbonyl (C=O) groups is 3. The van der Waals surface area contributed by atoms with Crippen molar-refractivity contribution in [1.29, 1.82) is 0 Å². The monoisotopic (exact) mass is 220 g/mol. The van der Waals surface area contributed by atoms with Crippen molar-refractivity contribution in [3.05, 3.63) is 0 Å². The fraction of sp³-hybridized carbons (Fsp3) is 0.400. The Labute approximate surface area is 76.7 Å². The van der Waals surface area contributed by atoms with E-state index in [4.69, 9.17) is 5.11 Å². The van der Waals surface area contributed by atoms with Gasteiger partial charge < -0.3 is 5.11 Å². The molecule has 0 amide bonds. The Bertz CT molecular complexity index is 163. The van der Waals surface area contributed by atoms with E-state index in [0.717, 1.165) is 0 Å². The number of hydrogen-bond acceptors (Lipinski definition) is 3. The molecule has 54 valence electrons. The molecule has 0 spiro atoms. The Kier molecular flexibility index (Phi) is 6.78. The van der Waals surface area contributed by atoms with Gasteiger partial charge in [-0.3, -0.25) is 9.59 Å². The maximum absolute atomic E-state index is 10.1. The second-order valence-electron chi connectivity index (χ2n) is 1.61. The van der Waals surface area contributed by atoms with Crippen LogP contribution in [0.2, 0.25) is 0 Å². The Hall–Kier alpha value is -0.307. The molecule has 0 aromatic carbocycles. The molecule has 0 rings (SSSR count). The number of aliphatic carboxylic acids is 1. The molecule has 0 unspecified atom stereocenters. The molecule has 0 aliphatic rings. The number of ketones is 2. The second kappa shape index (κ2) is 5.48. The summed E-state index contributed by atoms with van der Waals surface area (Å²) in [4.78, 5) is 29.9. The van der Waals surface area contributed by atoms with Crippen molar-refractivity contribution in [2.45, 2.75) is 13.3 Å². The van der Waals surface area contributed by atoms with E-state index in [-0.39, 0.29) is 26.2 Å². The quantitative estimate of drug-likeness (QED) is 0.521. The van der Waals surface area contributed by atoms with Crippen LogP contribution in [0.4, 0.5) is 0 Å². The average molecular weight is 221 g/mol. The largest absolute Gasteiger partial charge is 0.475 e. The number of carbonyl (C=O) groups excluding carboxylic acids is 2. The standard InChI is InChI=1S/C5H6O4.Zr/c1-3(6)2-4(7)5(8)9;/h2H2,1H3,(H,8,9);. The van der Waals surface area contributed by atoms with Crippen LogP contribution in [-0.2, 0) is 40.6 Å². The molecular formula is C5H6O4Zr. The summed E-state index contributed by atoms with van der Waals surface area (Å²) in [7, 11) is 0. The van der Waals surface area contributed by atoms with Gasteiger partial charge in [0.2, 0.25) is 5.78 Å². The maximum atomic E-state index is 10.1. The number of Topliss-reactive ketones (excluding diaryl/α,β-unsaturated/α-hetero) is 2. The minimum atomic E-state index is -1.55. The van der Waals surface area contributed by atoms with Crippen LogP contribution in [0, 0.1) is 0 Å². The van der Waals surface area contributed by atoms with E-state index in [0.29, 0.717) is 0 Å². The smallest absolute Gasteiger partial charge is 0.372 e. The van der Waals surface area contributed by atoms with Gasteiger partial charge in [-0.2, -0.15) is 0 Å². The molecule has 0 heterocycles. The molecule has 0 atom stereocenters. The van der Waals surface area contributed by atoms with Gasteiger partial charge in [-0.1, -0.05) is 0 Å². The van der Waals surface area contributed by atoms with Gasteiger partial charge in [0.05, 0.1) is 6.42 Å². The molecule has 0 aliphatic heterocycles. The first kappa shape index (κ1) is 12.4. The Morgan fingerprint density at radius 1 is 1.30 bits per heavy atom. The molecule has 0 saturated carbocycles. The molecule has 0 bridgehead atoms. The van der Waals surface area contributed by atoms with E-state index in [1.165, 1.54) is 6.92 Å². The van der Waals surface area contributed by atoms with E-state index in [1.54, 1.807) is 0 Å². The maximum Gasteiger partial charge on any atom is 0.372 e. The molecule has 4 nitrogen and oxygen atoms in total. The third-order valence-corrected chi connectivity index (χ3v) is 0.648. The molecule has 1 N–H and O–H groups in total. The molecule has 0 aromatic heterocycles. The van der Waals surface area contributed by atoms with Crippen LogP contribution >= 0.6 is 0 Å². The van der Waals surface area contributed by atoms with E-state index < -0.39 is 24.0 Å². The number of rotatable bonds is 3. The predicted octanol–water partition coefficient (Wildman–Crippen LogP) is -0.383. The van der Waals surface area contributed by atoms with Crippen molar-refractivity contribution in [2.24, 2.45) is 0 Å². The van der Waals surface area contributed by atoms with Crippen molar-refractivity contribution in [3.63, 3.8) is 0 Å². The minimum Gasteiger partial charge on any atom is -0.475 e. The molecular weight excluding hydrogens is 215 g/mol. The van der Waals surface area contributed by atoms with E-state index in [1.807, 2.05) is 0 Å². The van der Waals surface area contributed by atoms with Crippen molar-refractivity contribution < 1.29 is 45.7 Å². The first-order valence-corrected chi connectivity index (χ1v) is 2.29. The van der Waals surface area contributed by atoms with Gasteiger partial charge in [0.15, 0.2) is 0 Å². The normalized spacial score (nSPS) is 7.70. The van der Waals surface area contributed by atoms with Crippen LogP contribution in [0.15, 0.2) is 0 Å².